The second kappa shape index (κ2) is 3.67. The molecule has 16 heavy (non-hydrogen) atoms. The van der Waals surface area contributed by atoms with Gasteiger partial charge < -0.3 is 0 Å². The van der Waals surface area contributed by atoms with Gasteiger partial charge in [-0.25, -0.2) is 9.97 Å². The Labute approximate surface area is 93.5 Å². The third kappa shape index (κ3) is 1.40. The fourth-order valence-electron chi connectivity index (χ4n) is 2.41. The van der Waals surface area contributed by atoms with Crippen molar-refractivity contribution in [2.45, 2.75) is 25.2 Å². The van der Waals surface area contributed by atoms with Crippen LogP contribution in [0.2, 0.25) is 0 Å². The Morgan fingerprint density at radius 1 is 1.19 bits per heavy atom. The van der Waals surface area contributed by atoms with E-state index in [1.807, 2.05) is 24.3 Å². The molecule has 1 aromatic carbocycles. The summed E-state index contributed by atoms with van der Waals surface area (Å²) in [5.74, 6) is 0.316. The topological polar surface area (TPSA) is 42.9 Å². The van der Waals surface area contributed by atoms with Crippen LogP contribution in [0.5, 0.6) is 0 Å². The van der Waals surface area contributed by atoms with Crippen LogP contribution in [0.4, 0.5) is 0 Å². The van der Waals surface area contributed by atoms with Crippen molar-refractivity contribution in [1.82, 2.24) is 9.97 Å². The van der Waals surface area contributed by atoms with Gasteiger partial charge in [0.05, 0.1) is 17.1 Å². The highest BCUT2D eigenvalue weighted by Gasteiger charge is 2.28. The molecule has 0 spiro atoms. The lowest BCUT2D eigenvalue weighted by Crippen LogP contribution is -2.07. The molecule has 0 radical (unpaired) electrons. The van der Waals surface area contributed by atoms with Crippen molar-refractivity contribution in [3.63, 3.8) is 0 Å². The minimum atomic E-state index is -0.00657. The van der Waals surface area contributed by atoms with E-state index in [9.17, 15) is 4.79 Å². The molecule has 3 nitrogen and oxygen atoms in total. The number of aromatic nitrogens is 2. The number of carbonyl (C=O) groups is 1. The van der Waals surface area contributed by atoms with E-state index in [2.05, 4.69) is 9.97 Å². The van der Waals surface area contributed by atoms with E-state index >= 15 is 0 Å². The number of fused-ring (bicyclic) bond motifs is 1. The van der Waals surface area contributed by atoms with Crippen molar-refractivity contribution in [2.24, 2.45) is 0 Å². The van der Waals surface area contributed by atoms with Crippen LogP contribution in [-0.4, -0.2) is 15.8 Å². The minimum absolute atomic E-state index is 0.00657. The number of Topliss-reactive ketones (excluding diaryl/α,β-unsaturated/α-hetero) is 1. The molecule has 1 fully saturated rings. The van der Waals surface area contributed by atoms with Crippen LogP contribution in [0.25, 0.3) is 10.9 Å². The maximum atomic E-state index is 11.8. The molecule has 1 saturated carbocycles. The molecule has 0 aliphatic heterocycles. The molecule has 2 aromatic rings. The van der Waals surface area contributed by atoms with Crippen LogP contribution in [0.15, 0.2) is 30.6 Å². The molecule has 1 atom stereocenters. The predicted molar refractivity (Wildman–Crippen MR) is 61.1 cm³/mol. The van der Waals surface area contributed by atoms with E-state index in [0.29, 0.717) is 12.2 Å². The third-order valence-corrected chi connectivity index (χ3v) is 3.21. The lowest BCUT2D eigenvalue weighted by molar-refractivity contribution is -0.118. The Hall–Kier alpha value is -1.77. The molecule has 3 rings (SSSR count). The summed E-state index contributed by atoms with van der Waals surface area (Å²) in [5, 5.41) is 1.02. The van der Waals surface area contributed by atoms with Gasteiger partial charge in [0.2, 0.25) is 0 Å². The zero-order valence-electron chi connectivity index (χ0n) is 8.89. The largest absolute Gasteiger partial charge is 0.299 e. The zero-order chi connectivity index (χ0) is 11.0. The van der Waals surface area contributed by atoms with Crippen molar-refractivity contribution in [2.75, 3.05) is 0 Å². The van der Waals surface area contributed by atoms with Gasteiger partial charge in [0, 0.05) is 11.8 Å². The van der Waals surface area contributed by atoms with Gasteiger partial charge >= 0.3 is 0 Å². The van der Waals surface area contributed by atoms with Crippen molar-refractivity contribution in [3.05, 3.63) is 36.3 Å². The van der Waals surface area contributed by atoms with Crippen molar-refractivity contribution in [3.8, 4) is 0 Å². The van der Waals surface area contributed by atoms with Crippen molar-refractivity contribution >= 4 is 16.7 Å². The molecular formula is C13H12N2O. The van der Waals surface area contributed by atoms with Gasteiger partial charge in [-0.1, -0.05) is 18.2 Å². The molecule has 1 aliphatic carbocycles. The van der Waals surface area contributed by atoms with Crippen LogP contribution >= 0.6 is 0 Å². The number of rotatable bonds is 1. The first kappa shape index (κ1) is 9.46. The fraction of sp³-hybridized carbons (Fsp3) is 0.308. The number of hydrogen-bond acceptors (Lipinski definition) is 3. The minimum Gasteiger partial charge on any atom is -0.299 e. The zero-order valence-corrected chi connectivity index (χ0v) is 8.89. The average Bonchev–Trinajstić information content (AvgIpc) is 2.75. The third-order valence-electron chi connectivity index (χ3n) is 3.21. The van der Waals surface area contributed by atoms with Gasteiger partial charge in [0.1, 0.15) is 12.1 Å². The van der Waals surface area contributed by atoms with Crippen LogP contribution in [-0.2, 0) is 4.79 Å². The molecule has 1 heterocycles. The standard InChI is InChI=1S/C13H12N2O/c16-12-7-3-5-10(12)13-9-4-1-2-6-11(9)14-8-15-13/h1-2,4,6,8,10H,3,5,7H2. The van der Waals surface area contributed by atoms with E-state index in [4.69, 9.17) is 0 Å². The molecule has 0 bridgehead atoms. The van der Waals surface area contributed by atoms with E-state index in [1.165, 1.54) is 0 Å². The van der Waals surface area contributed by atoms with Gasteiger partial charge in [-0.05, 0) is 18.9 Å². The Morgan fingerprint density at radius 3 is 2.88 bits per heavy atom. The van der Waals surface area contributed by atoms with Crippen molar-refractivity contribution < 1.29 is 4.79 Å². The molecule has 80 valence electrons. The summed E-state index contributed by atoms with van der Waals surface area (Å²) in [5.41, 5.74) is 1.83. The second-order valence-electron chi connectivity index (χ2n) is 4.19. The lowest BCUT2D eigenvalue weighted by atomic mass is 9.99. The summed E-state index contributed by atoms with van der Waals surface area (Å²) >= 11 is 0. The first-order valence-electron chi connectivity index (χ1n) is 5.58. The lowest BCUT2D eigenvalue weighted by Gasteiger charge is -2.09. The maximum absolute atomic E-state index is 11.8. The first-order chi connectivity index (χ1) is 7.86. The maximum Gasteiger partial charge on any atom is 0.141 e. The van der Waals surface area contributed by atoms with Gasteiger partial charge in [-0.3, -0.25) is 4.79 Å². The molecule has 0 saturated heterocycles. The molecule has 0 amide bonds. The number of carbonyl (C=O) groups excluding carboxylic acids is 1. The smallest absolute Gasteiger partial charge is 0.141 e. The van der Waals surface area contributed by atoms with Crippen LogP contribution in [0.3, 0.4) is 0 Å². The Kier molecular flexibility index (Phi) is 2.17. The number of hydrogen-bond donors (Lipinski definition) is 0. The quantitative estimate of drug-likeness (QED) is 0.729. The fourth-order valence-corrected chi connectivity index (χ4v) is 2.41. The Balaban J connectivity index is 2.19. The normalized spacial score (nSPS) is 20.5. The SMILES string of the molecule is O=C1CCCC1c1ncnc2ccccc12. The molecule has 0 N–H and O–H groups in total. The average molecular weight is 212 g/mol. The van der Waals surface area contributed by atoms with E-state index < -0.39 is 0 Å². The summed E-state index contributed by atoms with van der Waals surface area (Å²) in [6, 6.07) is 7.88. The van der Waals surface area contributed by atoms with Crippen molar-refractivity contribution in [1.29, 1.82) is 0 Å². The predicted octanol–water partition coefficient (Wildman–Crippen LogP) is 2.47. The summed E-state index contributed by atoms with van der Waals surface area (Å²) in [7, 11) is 0. The van der Waals surface area contributed by atoms with Crippen LogP contribution in [0.1, 0.15) is 30.9 Å². The van der Waals surface area contributed by atoms with Crippen LogP contribution < -0.4 is 0 Å². The van der Waals surface area contributed by atoms with E-state index in [1.54, 1.807) is 6.33 Å². The second-order valence-corrected chi connectivity index (χ2v) is 4.19. The van der Waals surface area contributed by atoms with E-state index in [-0.39, 0.29) is 5.92 Å². The van der Waals surface area contributed by atoms with Gasteiger partial charge in [-0.15, -0.1) is 0 Å². The summed E-state index contributed by atoms with van der Waals surface area (Å²) in [6.07, 6.45) is 4.17. The monoisotopic (exact) mass is 212 g/mol. The highest BCUT2D eigenvalue weighted by Crippen LogP contribution is 2.33. The number of nitrogens with zero attached hydrogens (tertiary/aromatic N) is 2. The molecule has 1 unspecified atom stereocenters. The summed E-state index contributed by atoms with van der Waals surface area (Å²) < 4.78 is 0. The highest BCUT2D eigenvalue weighted by atomic mass is 16.1. The number of ketones is 1. The van der Waals surface area contributed by atoms with Gasteiger partial charge in [0.15, 0.2) is 0 Å². The molecule has 1 aliphatic rings. The van der Waals surface area contributed by atoms with Crippen LogP contribution in [0, 0.1) is 0 Å². The summed E-state index contributed by atoms with van der Waals surface area (Å²) in [4.78, 5) is 20.3. The first-order valence-corrected chi connectivity index (χ1v) is 5.58. The van der Waals surface area contributed by atoms with Gasteiger partial charge in [0.25, 0.3) is 0 Å². The molecule has 3 heteroatoms. The number of para-hydroxylation sites is 1. The Morgan fingerprint density at radius 2 is 2.06 bits per heavy atom. The summed E-state index contributed by atoms with van der Waals surface area (Å²) in [6.45, 7) is 0. The highest BCUT2D eigenvalue weighted by molar-refractivity contribution is 5.92. The Bertz CT molecular complexity index is 545. The molecule has 1 aromatic heterocycles. The van der Waals surface area contributed by atoms with Gasteiger partial charge in [-0.2, -0.15) is 0 Å². The molecular weight excluding hydrogens is 200 g/mol. The number of benzene rings is 1. The van der Waals surface area contributed by atoms with E-state index in [0.717, 1.165) is 29.4 Å².